The molecule has 3 nitrogen and oxygen atoms in total. The molecule has 19 heavy (non-hydrogen) atoms. The highest BCUT2D eigenvalue weighted by Gasteiger charge is 2.18. The Balaban J connectivity index is 2.37. The number of carbonyl (C=O) groups is 1. The van der Waals surface area contributed by atoms with Crippen molar-refractivity contribution in [1.82, 2.24) is 4.98 Å². The summed E-state index contributed by atoms with van der Waals surface area (Å²) in [5.41, 5.74) is 1.76. The molecule has 0 aliphatic carbocycles. The first kappa shape index (κ1) is 13.7. The third-order valence-electron chi connectivity index (χ3n) is 3.40. The Morgan fingerprint density at radius 1 is 1.37 bits per heavy atom. The predicted molar refractivity (Wildman–Crippen MR) is 77.9 cm³/mol. The average molecular weight is 259 g/mol. The molecule has 1 N–H and O–H groups in total. The van der Waals surface area contributed by atoms with E-state index >= 15 is 0 Å². The molecule has 0 amide bonds. The molecule has 1 aromatic carbocycles. The fraction of sp³-hybridized carbons (Fsp3) is 0.438. The molecular formula is C16H21NO2. The van der Waals surface area contributed by atoms with Gasteiger partial charge in [0.25, 0.3) is 0 Å². The Hall–Kier alpha value is -1.77. The molecular weight excluding hydrogens is 238 g/mol. The maximum Gasteiger partial charge on any atom is 0.167 e. The zero-order chi connectivity index (χ0) is 13.8. The van der Waals surface area contributed by atoms with Crippen LogP contribution >= 0.6 is 0 Å². The Bertz CT molecular complexity index is 571. The van der Waals surface area contributed by atoms with E-state index in [0.717, 1.165) is 35.1 Å². The van der Waals surface area contributed by atoms with E-state index < -0.39 is 0 Å². The van der Waals surface area contributed by atoms with Crippen LogP contribution in [0, 0.1) is 5.92 Å². The Labute approximate surface area is 114 Å². The van der Waals surface area contributed by atoms with Crippen molar-refractivity contribution >= 4 is 16.7 Å². The van der Waals surface area contributed by atoms with Gasteiger partial charge in [0, 0.05) is 28.6 Å². The lowest BCUT2D eigenvalue weighted by atomic mass is 9.95. The van der Waals surface area contributed by atoms with Gasteiger partial charge in [-0.1, -0.05) is 20.3 Å². The van der Waals surface area contributed by atoms with E-state index in [4.69, 9.17) is 4.74 Å². The number of fused-ring (bicyclic) bond motifs is 1. The van der Waals surface area contributed by atoms with Crippen LogP contribution in [0.25, 0.3) is 10.9 Å². The molecule has 0 aliphatic heterocycles. The highest BCUT2D eigenvalue weighted by atomic mass is 16.5. The lowest BCUT2D eigenvalue weighted by molar-refractivity contribution is 0.0925. The van der Waals surface area contributed by atoms with Crippen LogP contribution in [0.2, 0.25) is 0 Å². The molecule has 0 saturated carbocycles. The van der Waals surface area contributed by atoms with E-state index in [2.05, 4.69) is 11.9 Å². The van der Waals surface area contributed by atoms with Crippen molar-refractivity contribution in [2.75, 3.05) is 6.61 Å². The van der Waals surface area contributed by atoms with Crippen LogP contribution in [-0.4, -0.2) is 17.4 Å². The van der Waals surface area contributed by atoms with Gasteiger partial charge in [-0.3, -0.25) is 4.79 Å². The minimum absolute atomic E-state index is 0.0692. The maximum atomic E-state index is 12.4. The highest BCUT2D eigenvalue weighted by Crippen LogP contribution is 2.26. The number of carbonyl (C=O) groups excluding carboxylic acids is 1. The fourth-order valence-electron chi connectivity index (χ4n) is 2.39. The number of benzene rings is 1. The van der Waals surface area contributed by atoms with Crippen molar-refractivity contribution in [3.8, 4) is 5.75 Å². The normalized spacial score (nSPS) is 12.6. The number of H-pyrrole nitrogens is 1. The summed E-state index contributed by atoms with van der Waals surface area (Å²) in [6, 6.07) is 5.83. The Morgan fingerprint density at radius 3 is 2.84 bits per heavy atom. The van der Waals surface area contributed by atoms with Gasteiger partial charge in [-0.05, 0) is 31.5 Å². The van der Waals surface area contributed by atoms with Crippen molar-refractivity contribution in [2.24, 2.45) is 5.92 Å². The van der Waals surface area contributed by atoms with E-state index in [0.29, 0.717) is 6.61 Å². The maximum absolute atomic E-state index is 12.4. The van der Waals surface area contributed by atoms with Gasteiger partial charge < -0.3 is 9.72 Å². The molecule has 0 bridgehead atoms. The largest absolute Gasteiger partial charge is 0.494 e. The fourth-order valence-corrected chi connectivity index (χ4v) is 2.39. The van der Waals surface area contributed by atoms with Crippen LogP contribution in [0.5, 0.6) is 5.75 Å². The minimum Gasteiger partial charge on any atom is -0.494 e. The van der Waals surface area contributed by atoms with Crippen LogP contribution < -0.4 is 4.74 Å². The standard InChI is InChI=1S/C16H21NO2/c1-4-6-11(3)16(18)14-10-17-15-8-7-12(19-5-2)9-13(14)15/h7-11,17H,4-6H2,1-3H3. The summed E-state index contributed by atoms with van der Waals surface area (Å²) >= 11 is 0. The van der Waals surface area contributed by atoms with Crippen LogP contribution in [-0.2, 0) is 0 Å². The second-order valence-corrected chi connectivity index (χ2v) is 4.90. The summed E-state index contributed by atoms with van der Waals surface area (Å²) in [5.74, 6) is 1.09. The summed E-state index contributed by atoms with van der Waals surface area (Å²) < 4.78 is 5.50. The van der Waals surface area contributed by atoms with Gasteiger partial charge in [0.15, 0.2) is 5.78 Å². The molecule has 2 aromatic rings. The van der Waals surface area contributed by atoms with Gasteiger partial charge >= 0.3 is 0 Å². The van der Waals surface area contributed by atoms with Gasteiger partial charge in [0.05, 0.1) is 6.61 Å². The lowest BCUT2D eigenvalue weighted by Gasteiger charge is -2.08. The summed E-state index contributed by atoms with van der Waals surface area (Å²) in [7, 11) is 0. The smallest absolute Gasteiger partial charge is 0.167 e. The van der Waals surface area contributed by atoms with E-state index in [-0.39, 0.29) is 11.7 Å². The van der Waals surface area contributed by atoms with Gasteiger partial charge in [-0.15, -0.1) is 0 Å². The number of nitrogens with one attached hydrogen (secondary N) is 1. The molecule has 1 heterocycles. The highest BCUT2D eigenvalue weighted by molar-refractivity contribution is 6.09. The van der Waals surface area contributed by atoms with Crippen molar-refractivity contribution in [3.63, 3.8) is 0 Å². The van der Waals surface area contributed by atoms with Gasteiger partial charge in [0.1, 0.15) is 5.75 Å². The zero-order valence-electron chi connectivity index (χ0n) is 11.8. The number of aromatic amines is 1. The second kappa shape index (κ2) is 5.91. The first-order valence-electron chi connectivity index (χ1n) is 6.95. The predicted octanol–water partition coefficient (Wildman–Crippen LogP) is 4.19. The number of rotatable bonds is 6. The SMILES string of the molecule is CCCC(C)C(=O)c1c[nH]c2ccc(OCC)cc12. The van der Waals surface area contributed by atoms with E-state index in [1.165, 1.54) is 0 Å². The lowest BCUT2D eigenvalue weighted by Crippen LogP contribution is -2.10. The van der Waals surface area contributed by atoms with Crippen LogP contribution in [0.3, 0.4) is 0 Å². The molecule has 3 heteroatoms. The number of hydrogen-bond acceptors (Lipinski definition) is 2. The molecule has 102 valence electrons. The summed E-state index contributed by atoms with van der Waals surface area (Å²) in [6.07, 6.45) is 3.77. The molecule has 0 spiro atoms. The van der Waals surface area contributed by atoms with E-state index in [1.54, 1.807) is 0 Å². The number of ketones is 1. The van der Waals surface area contributed by atoms with Crippen molar-refractivity contribution in [1.29, 1.82) is 0 Å². The monoisotopic (exact) mass is 259 g/mol. The minimum atomic E-state index is 0.0692. The summed E-state index contributed by atoms with van der Waals surface area (Å²) in [6.45, 7) is 6.69. The van der Waals surface area contributed by atoms with Crippen molar-refractivity contribution in [3.05, 3.63) is 30.0 Å². The van der Waals surface area contributed by atoms with Crippen LogP contribution in [0.4, 0.5) is 0 Å². The Kier molecular flexibility index (Phi) is 4.25. The van der Waals surface area contributed by atoms with Crippen molar-refractivity contribution in [2.45, 2.75) is 33.6 Å². The molecule has 1 aromatic heterocycles. The third kappa shape index (κ3) is 2.80. The number of ether oxygens (including phenoxy) is 1. The second-order valence-electron chi connectivity index (χ2n) is 4.90. The average Bonchev–Trinajstić information content (AvgIpc) is 2.81. The van der Waals surface area contributed by atoms with E-state index in [1.807, 2.05) is 38.2 Å². The molecule has 0 aliphatic rings. The molecule has 0 radical (unpaired) electrons. The quantitative estimate of drug-likeness (QED) is 0.790. The third-order valence-corrected chi connectivity index (χ3v) is 3.40. The van der Waals surface area contributed by atoms with Crippen LogP contribution in [0.1, 0.15) is 44.0 Å². The zero-order valence-corrected chi connectivity index (χ0v) is 11.8. The topological polar surface area (TPSA) is 42.1 Å². The van der Waals surface area contributed by atoms with Crippen molar-refractivity contribution < 1.29 is 9.53 Å². The van der Waals surface area contributed by atoms with Gasteiger partial charge in [-0.2, -0.15) is 0 Å². The number of Topliss-reactive ketones (excluding diaryl/α,β-unsaturated/α-hetero) is 1. The first-order chi connectivity index (χ1) is 9.17. The summed E-state index contributed by atoms with van der Waals surface area (Å²) in [4.78, 5) is 15.6. The number of aromatic nitrogens is 1. The van der Waals surface area contributed by atoms with E-state index in [9.17, 15) is 4.79 Å². The summed E-state index contributed by atoms with van der Waals surface area (Å²) in [5, 5.41) is 0.957. The molecule has 1 atom stereocenters. The first-order valence-corrected chi connectivity index (χ1v) is 6.95. The molecule has 1 unspecified atom stereocenters. The number of hydrogen-bond donors (Lipinski definition) is 1. The van der Waals surface area contributed by atoms with Gasteiger partial charge in [-0.25, -0.2) is 0 Å². The molecule has 0 fully saturated rings. The van der Waals surface area contributed by atoms with Crippen LogP contribution in [0.15, 0.2) is 24.4 Å². The van der Waals surface area contributed by atoms with Gasteiger partial charge in [0.2, 0.25) is 0 Å². The molecule has 0 saturated heterocycles. The Morgan fingerprint density at radius 2 is 2.16 bits per heavy atom. The molecule has 2 rings (SSSR count).